The Kier molecular flexibility index (Phi) is 5.94. The van der Waals surface area contributed by atoms with E-state index in [1.807, 2.05) is 30.6 Å². The quantitative estimate of drug-likeness (QED) is 0.198. The number of hydrogen-bond donors (Lipinski definition) is 0. The van der Waals surface area contributed by atoms with Gasteiger partial charge in [-0.15, -0.1) is 0 Å². The number of rotatable bonds is 4. The second-order valence-corrected chi connectivity index (χ2v) is 12.5. The lowest BCUT2D eigenvalue weighted by Crippen LogP contribution is -1.92. The van der Waals surface area contributed by atoms with E-state index in [2.05, 4.69) is 127 Å². The van der Waals surface area contributed by atoms with Crippen molar-refractivity contribution in [1.29, 1.82) is 0 Å². The van der Waals surface area contributed by atoms with Crippen LogP contribution in [-0.4, -0.2) is 9.97 Å². The molecule has 6 aromatic carbocycles. The van der Waals surface area contributed by atoms with Crippen molar-refractivity contribution in [2.45, 2.75) is 6.42 Å². The van der Waals surface area contributed by atoms with Crippen LogP contribution in [0.4, 0.5) is 0 Å². The van der Waals surface area contributed by atoms with Crippen LogP contribution < -0.4 is 0 Å². The van der Waals surface area contributed by atoms with Crippen molar-refractivity contribution < 1.29 is 4.42 Å². The van der Waals surface area contributed by atoms with Crippen molar-refractivity contribution in [3.05, 3.63) is 169 Å². The number of fused-ring (bicyclic) bond motifs is 7. The van der Waals surface area contributed by atoms with Crippen LogP contribution in [0.2, 0.25) is 0 Å². The average Bonchev–Trinajstić information content (AvgIpc) is 3.73. The number of para-hydroxylation sites is 2. The highest BCUT2D eigenvalue weighted by molar-refractivity contribution is 6.09. The molecule has 1 aliphatic carbocycles. The van der Waals surface area contributed by atoms with Crippen LogP contribution in [-0.2, 0) is 6.42 Å². The highest BCUT2D eigenvalue weighted by Gasteiger charge is 2.22. The Morgan fingerprint density at radius 3 is 1.79 bits per heavy atom. The van der Waals surface area contributed by atoms with Gasteiger partial charge in [0.25, 0.3) is 0 Å². The summed E-state index contributed by atoms with van der Waals surface area (Å²) in [5.74, 6) is 0. The molecule has 10 rings (SSSR count). The Morgan fingerprint density at radius 1 is 0.438 bits per heavy atom. The number of pyridine rings is 2. The van der Waals surface area contributed by atoms with Gasteiger partial charge >= 0.3 is 0 Å². The third-order valence-electron chi connectivity index (χ3n) is 9.86. The van der Waals surface area contributed by atoms with Crippen molar-refractivity contribution in [3.63, 3.8) is 0 Å². The number of furan rings is 1. The zero-order chi connectivity index (χ0) is 31.6. The van der Waals surface area contributed by atoms with Crippen LogP contribution in [0.1, 0.15) is 11.1 Å². The van der Waals surface area contributed by atoms with Crippen LogP contribution in [0.5, 0.6) is 0 Å². The summed E-state index contributed by atoms with van der Waals surface area (Å²) in [5, 5.41) is 4.60. The summed E-state index contributed by atoms with van der Waals surface area (Å²) in [6, 6.07) is 51.4. The molecule has 3 heterocycles. The van der Waals surface area contributed by atoms with Gasteiger partial charge in [0.05, 0.1) is 11.4 Å². The molecule has 48 heavy (non-hydrogen) atoms. The molecule has 1 aliphatic rings. The molecular weight excluding hydrogens is 585 g/mol. The minimum absolute atomic E-state index is 0.868. The predicted molar refractivity (Wildman–Crippen MR) is 197 cm³/mol. The first-order valence-electron chi connectivity index (χ1n) is 16.4. The Labute approximate surface area is 277 Å². The van der Waals surface area contributed by atoms with Gasteiger partial charge in [-0.25, -0.2) is 0 Å². The lowest BCUT2D eigenvalue weighted by molar-refractivity contribution is 0.670. The Morgan fingerprint density at radius 2 is 1.02 bits per heavy atom. The van der Waals surface area contributed by atoms with E-state index in [1.54, 1.807) is 0 Å². The molecule has 0 saturated carbocycles. The van der Waals surface area contributed by atoms with E-state index in [-0.39, 0.29) is 0 Å². The van der Waals surface area contributed by atoms with E-state index in [0.29, 0.717) is 0 Å². The first kappa shape index (κ1) is 26.9. The van der Waals surface area contributed by atoms with E-state index in [4.69, 9.17) is 14.4 Å². The smallest absolute Gasteiger partial charge is 0.144 e. The Bertz CT molecular complexity index is 2680. The molecule has 0 fully saturated rings. The minimum Gasteiger partial charge on any atom is -0.455 e. The largest absolute Gasteiger partial charge is 0.455 e. The van der Waals surface area contributed by atoms with E-state index >= 15 is 0 Å². The zero-order valence-electron chi connectivity index (χ0n) is 26.0. The average molecular weight is 613 g/mol. The van der Waals surface area contributed by atoms with Crippen molar-refractivity contribution in [1.82, 2.24) is 9.97 Å². The van der Waals surface area contributed by atoms with Gasteiger partial charge < -0.3 is 4.42 Å². The van der Waals surface area contributed by atoms with Crippen molar-refractivity contribution in [2.75, 3.05) is 0 Å². The summed E-state index contributed by atoms with van der Waals surface area (Å²) >= 11 is 0. The summed E-state index contributed by atoms with van der Waals surface area (Å²) in [7, 11) is 0. The fraction of sp³-hybridized carbons (Fsp3) is 0.0222. The molecule has 0 spiro atoms. The molecule has 0 bridgehead atoms. The van der Waals surface area contributed by atoms with Crippen LogP contribution in [0.15, 0.2) is 162 Å². The van der Waals surface area contributed by atoms with Crippen molar-refractivity contribution in [2.24, 2.45) is 0 Å². The third-order valence-corrected chi connectivity index (χ3v) is 9.86. The van der Waals surface area contributed by atoms with E-state index in [9.17, 15) is 0 Å². The minimum atomic E-state index is 0.868. The summed E-state index contributed by atoms with van der Waals surface area (Å²) in [6.45, 7) is 0. The molecule has 224 valence electrons. The fourth-order valence-corrected chi connectivity index (χ4v) is 7.59. The second-order valence-electron chi connectivity index (χ2n) is 12.5. The highest BCUT2D eigenvalue weighted by Crippen LogP contribution is 2.42. The van der Waals surface area contributed by atoms with Gasteiger partial charge in [0.1, 0.15) is 11.2 Å². The van der Waals surface area contributed by atoms with Crippen LogP contribution in [0.25, 0.3) is 88.6 Å². The number of benzene rings is 6. The number of nitrogens with zero attached hydrogens (tertiary/aromatic N) is 2. The first-order chi connectivity index (χ1) is 23.8. The molecule has 3 heteroatoms. The molecule has 0 aliphatic heterocycles. The fourth-order valence-electron chi connectivity index (χ4n) is 7.59. The van der Waals surface area contributed by atoms with Gasteiger partial charge in [0.2, 0.25) is 0 Å². The van der Waals surface area contributed by atoms with E-state index < -0.39 is 0 Å². The molecule has 0 saturated heterocycles. The second kappa shape index (κ2) is 10.6. The SMILES string of the molecule is c1ccc2c(c1)Cc1c(-c3ccc(-c4cccc5cccc(-c6ccc(-c7cccc8c7oc7ccccc78)nc6)c45)cn3)cccc1-2. The summed E-state index contributed by atoms with van der Waals surface area (Å²) in [5.41, 5.74) is 15.7. The summed E-state index contributed by atoms with van der Waals surface area (Å²) < 4.78 is 6.30. The molecule has 3 nitrogen and oxygen atoms in total. The Hall–Kier alpha value is -6.32. The van der Waals surface area contributed by atoms with Gasteiger partial charge in [-0.3, -0.25) is 9.97 Å². The lowest BCUT2D eigenvalue weighted by atomic mass is 9.92. The molecule has 3 aromatic heterocycles. The zero-order valence-corrected chi connectivity index (χ0v) is 26.0. The Balaban J connectivity index is 1.03. The van der Waals surface area contributed by atoms with Gasteiger partial charge in [-0.05, 0) is 74.8 Å². The van der Waals surface area contributed by atoms with Gasteiger partial charge in [0.15, 0.2) is 0 Å². The van der Waals surface area contributed by atoms with Crippen molar-refractivity contribution in [3.8, 4) is 55.9 Å². The molecule has 9 aromatic rings. The molecular formula is C45H28N2O. The molecule has 0 atom stereocenters. The van der Waals surface area contributed by atoms with Gasteiger partial charge in [0, 0.05) is 45.4 Å². The van der Waals surface area contributed by atoms with Crippen LogP contribution in [0, 0.1) is 0 Å². The normalized spacial score (nSPS) is 12.1. The van der Waals surface area contributed by atoms with Crippen LogP contribution >= 0.6 is 0 Å². The molecule has 0 N–H and O–H groups in total. The predicted octanol–water partition coefficient (Wildman–Crippen LogP) is 11.8. The standard InChI is InChI=1S/C45H28N2O/c1-2-12-32-29(9-1)25-40-35(32)16-7-17-36(40)41-23-21-30(26-46-41)33-14-5-10-28-11-6-15-34(44(28)33)31-22-24-42(47-27-31)39-19-8-18-38-37-13-3-4-20-43(37)48-45(38)39/h1-24,26-27H,25H2. The number of aromatic nitrogens is 2. The topological polar surface area (TPSA) is 38.9 Å². The molecule has 0 unspecified atom stereocenters. The van der Waals surface area contributed by atoms with E-state index in [0.717, 1.165) is 67.6 Å². The van der Waals surface area contributed by atoms with Crippen LogP contribution in [0.3, 0.4) is 0 Å². The molecule has 0 amide bonds. The summed E-state index contributed by atoms with van der Waals surface area (Å²) in [6.07, 6.45) is 4.95. The first-order valence-corrected chi connectivity index (χ1v) is 16.4. The van der Waals surface area contributed by atoms with E-state index in [1.165, 1.54) is 38.6 Å². The molecule has 0 radical (unpaired) electrons. The maximum Gasteiger partial charge on any atom is 0.144 e. The van der Waals surface area contributed by atoms with Crippen molar-refractivity contribution >= 4 is 32.7 Å². The maximum atomic E-state index is 6.30. The summed E-state index contributed by atoms with van der Waals surface area (Å²) in [4.78, 5) is 10.0. The highest BCUT2D eigenvalue weighted by atomic mass is 16.3. The monoisotopic (exact) mass is 612 g/mol. The van der Waals surface area contributed by atoms with Gasteiger partial charge in [-0.2, -0.15) is 0 Å². The number of hydrogen-bond acceptors (Lipinski definition) is 3. The maximum absolute atomic E-state index is 6.30. The third kappa shape index (κ3) is 4.14. The lowest BCUT2D eigenvalue weighted by Gasteiger charge is -2.14. The van der Waals surface area contributed by atoms with Gasteiger partial charge in [-0.1, -0.05) is 121 Å².